The van der Waals surface area contributed by atoms with Gasteiger partial charge in [0, 0.05) is 31.6 Å². The fourth-order valence-electron chi connectivity index (χ4n) is 5.99. The van der Waals surface area contributed by atoms with E-state index in [1.165, 1.54) is 18.1 Å². The summed E-state index contributed by atoms with van der Waals surface area (Å²) in [7, 11) is 2.34. The van der Waals surface area contributed by atoms with Crippen LogP contribution in [0.1, 0.15) is 48.0 Å². The summed E-state index contributed by atoms with van der Waals surface area (Å²) >= 11 is 0. The van der Waals surface area contributed by atoms with Crippen molar-refractivity contribution < 1.29 is 38.1 Å². The number of amides is 1. The van der Waals surface area contributed by atoms with Crippen molar-refractivity contribution in [2.24, 2.45) is 5.73 Å². The summed E-state index contributed by atoms with van der Waals surface area (Å²) in [5.41, 5.74) is 6.49. The van der Waals surface area contributed by atoms with Crippen molar-refractivity contribution in [3.05, 3.63) is 82.3 Å². The average Bonchev–Trinajstić information content (AvgIpc) is 3.04. The molecule has 1 amide bonds. The monoisotopic (exact) mass is 600 g/mol. The lowest BCUT2D eigenvalue weighted by molar-refractivity contribution is -0.139. The van der Waals surface area contributed by atoms with Crippen LogP contribution >= 0.6 is 0 Å². The normalized spacial score (nSPS) is 19.1. The van der Waals surface area contributed by atoms with E-state index in [-0.39, 0.29) is 52.7 Å². The van der Waals surface area contributed by atoms with Gasteiger partial charge in [0.05, 0.1) is 55.9 Å². The van der Waals surface area contributed by atoms with Crippen LogP contribution in [0.5, 0.6) is 5.75 Å². The second-order valence-electron chi connectivity index (χ2n) is 10.6. The van der Waals surface area contributed by atoms with Gasteiger partial charge >= 0.3 is 18.0 Å². The summed E-state index contributed by atoms with van der Waals surface area (Å²) in [6.07, 6.45) is 0.585. The van der Waals surface area contributed by atoms with E-state index in [2.05, 4.69) is 6.07 Å². The number of fused-ring (bicyclic) bond motifs is 1. The molecule has 0 saturated carbocycles. The third-order valence-corrected chi connectivity index (χ3v) is 8.14. The molecule has 12 heteroatoms. The molecular weight excluding hydrogens is 568 g/mol. The number of ether oxygens (including phenoxy) is 4. The zero-order valence-corrected chi connectivity index (χ0v) is 24.6. The van der Waals surface area contributed by atoms with Gasteiger partial charge in [0.25, 0.3) is 0 Å². The first-order chi connectivity index (χ1) is 21.2. The number of allylic oxidation sites excluding steroid dienone is 1. The molecule has 2 aromatic carbocycles. The summed E-state index contributed by atoms with van der Waals surface area (Å²) < 4.78 is 21.6. The van der Waals surface area contributed by atoms with Gasteiger partial charge in [-0.1, -0.05) is 30.3 Å². The van der Waals surface area contributed by atoms with Crippen LogP contribution in [0.3, 0.4) is 0 Å². The van der Waals surface area contributed by atoms with Crippen molar-refractivity contribution in [2.45, 2.75) is 37.7 Å². The van der Waals surface area contributed by atoms with Crippen LogP contribution in [0.2, 0.25) is 0 Å². The first kappa shape index (κ1) is 30.2. The van der Waals surface area contributed by atoms with E-state index in [4.69, 9.17) is 24.7 Å². The molecule has 0 aromatic heterocycles. The Hall–Kier alpha value is -5.31. The number of hydrogen-bond donors (Lipinski definition) is 1. The van der Waals surface area contributed by atoms with Gasteiger partial charge in [-0.3, -0.25) is 9.69 Å². The van der Waals surface area contributed by atoms with E-state index >= 15 is 0 Å². The van der Waals surface area contributed by atoms with Crippen LogP contribution in [-0.2, 0) is 23.8 Å². The molecule has 0 aliphatic carbocycles. The van der Waals surface area contributed by atoms with E-state index in [1.54, 1.807) is 54.3 Å². The van der Waals surface area contributed by atoms with Gasteiger partial charge in [-0.05, 0) is 30.7 Å². The van der Waals surface area contributed by atoms with E-state index < -0.39 is 29.6 Å². The van der Waals surface area contributed by atoms with Crippen molar-refractivity contribution in [1.29, 1.82) is 5.26 Å². The first-order valence-corrected chi connectivity index (χ1v) is 14.1. The number of Topliss-reactive ketones (excluding diaryl/α,β-unsaturated/α-hetero) is 1. The van der Waals surface area contributed by atoms with E-state index in [0.717, 1.165) is 7.11 Å². The lowest BCUT2D eigenvalue weighted by Crippen LogP contribution is -2.52. The maximum atomic E-state index is 13.6. The lowest BCUT2D eigenvalue weighted by Gasteiger charge is -2.43. The van der Waals surface area contributed by atoms with Crippen molar-refractivity contribution in [2.75, 3.05) is 38.8 Å². The highest BCUT2D eigenvalue weighted by molar-refractivity contribution is 6.07. The molecule has 1 fully saturated rings. The van der Waals surface area contributed by atoms with Gasteiger partial charge in [-0.2, -0.15) is 5.26 Å². The Morgan fingerprint density at radius 3 is 2.36 bits per heavy atom. The SMILES string of the molecule is CCOC(=O)N1CCC2(CC1)CC(=O)c1cc(N3C(N)=C(C#N)C(c4ccccc4)C(C(=O)OC)=C3C(=O)OC)ccc1O2. The van der Waals surface area contributed by atoms with Crippen LogP contribution in [0.25, 0.3) is 0 Å². The molecule has 1 atom stereocenters. The second kappa shape index (κ2) is 12.1. The number of esters is 2. The number of carbonyl (C=O) groups excluding carboxylic acids is 4. The van der Waals surface area contributed by atoms with Crippen molar-refractivity contribution in [1.82, 2.24) is 4.90 Å². The van der Waals surface area contributed by atoms with Crippen LogP contribution in [0.4, 0.5) is 10.5 Å². The summed E-state index contributed by atoms with van der Waals surface area (Å²) in [5, 5.41) is 10.3. The zero-order chi connectivity index (χ0) is 31.6. The number of nitrogens with zero attached hydrogens (tertiary/aromatic N) is 3. The molecule has 5 rings (SSSR count). The van der Waals surface area contributed by atoms with E-state index in [9.17, 15) is 24.4 Å². The van der Waals surface area contributed by atoms with Gasteiger partial charge in [0.2, 0.25) is 0 Å². The number of likely N-dealkylation sites (tertiary alicyclic amines) is 1. The smallest absolute Gasteiger partial charge is 0.409 e. The number of benzene rings is 2. The maximum absolute atomic E-state index is 13.6. The zero-order valence-electron chi connectivity index (χ0n) is 24.6. The number of carbonyl (C=O) groups is 4. The minimum absolute atomic E-state index is 0.0110. The third-order valence-electron chi connectivity index (χ3n) is 8.14. The Bertz CT molecular complexity index is 1620. The summed E-state index contributed by atoms with van der Waals surface area (Å²) in [6, 6.07) is 15.5. The standard InChI is InChI=1S/C32H32N4O8/c1-4-43-31(40)35-14-12-32(13-15-35)17-23(37)21-16-20(10-11-24(21)44-32)36-27(30(39)42-3)26(29(38)41-2)25(22(18-33)28(36)34)19-8-6-5-7-9-19/h5-11,16,25H,4,12-15,17,34H2,1-3H3. The lowest BCUT2D eigenvalue weighted by atomic mass is 9.80. The highest BCUT2D eigenvalue weighted by Gasteiger charge is 2.46. The Balaban J connectivity index is 1.57. The number of anilines is 1. The van der Waals surface area contributed by atoms with Gasteiger partial charge in [0.15, 0.2) is 5.78 Å². The molecule has 3 aliphatic rings. The Morgan fingerprint density at radius 1 is 1.07 bits per heavy atom. The molecule has 1 unspecified atom stereocenters. The topological polar surface area (TPSA) is 161 Å². The number of hydrogen-bond acceptors (Lipinski definition) is 11. The number of ketones is 1. The predicted molar refractivity (Wildman–Crippen MR) is 156 cm³/mol. The predicted octanol–water partition coefficient (Wildman–Crippen LogP) is 3.54. The van der Waals surface area contributed by atoms with Crippen molar-refractivity contribution in [3.8, 4) is 11.8 Å². The molecule has 12 nitrogen and oxygen atoms in total. The van der Waals surface area contributed by atoms with Crippen LogP contribution < -0.4 is 15.4 Å². The Labute approximate surface area is 254 Å². The molecule has 228 valence electrons. The number of rotatable bonds is 5. The van der Waals surface area contributed by atoms with Crippen molar-refractivity contribution >= 4 is 29.5 Å². The van der Waals surface area contributed by atoms with Gasteiger partial charge in [-0.25, -0.2) is 14.4 Å². The fourth-order valence-corrected chi connectivity index (χ4v) is 5.99. The minimum Gasteiger partial charge on any atom is -0.486 e. The maximum Gasteiger partial charge on any atom is 0.409 e. The molecule has 1 saturated heterocycles. The molecule has 2 aromatic rings. The molecule has 3 heterocycles. The van der Waals surface area contributed by atoms with Gasteiger partial charge in [0.1, 0.15) is 22.9 Å². The highest BCUT2D eigenvalue weighted by atomic mass is 16.6. The quantitative estimate of drug-likeness (QED) is 0.395. The summed E-state index contributed by atoms with van der Waals surface area (Å²) in [6.45, 7) is 2.79. The minimum atomic E-state index is -1.01. The third kappa shape index (κ3) is 5.21. The molecule has 1 spiro atoms. The molecule has 0 radical (unpaired) electrons. The molecule has 0 bridgehead atoms. The van der Waals surface area contributed by atoms with Gasteiger partial charge in [-0.15, -0.1) is 0 Å². The Morgan fingerprint density at radius 2 is 1.75 bits per heavy atom. The second-order valence-corrected chi connectivity index (χ2v) is 10.6. The molecule has 2 N–H and O–H groups in total. The first-order valence-electron chi connectivity index (χ1n) is 14.1. The average molecular weight is 601 g/mol. The number of piperidine rings is 1. The number of nitriles is 1. The van der Waals surface area contributed by atoms with Crippen LogP contribution in [0, 0.1) is 11.3 Å². The van der Waals surface area contributed by atoms with E-state index in [1.807, 2.05) is 0 Å². The van der Waals surface area contributed by atoms with E-state index in [0.29, 0.717) is 37.2 Å². The largest absolute Gasteiger partial charge is 0.486 e. The molecule has 3 aliphatic heterocycles. The summed E-state index contributed by atoms with van der Waals surface area (Å²) in [4.78, 5) is 55.2. The van der Waals surface area contributed by atoms with Crippen molar-refractivity contribution in [3.63, 3.8) is 0 Å². The fraction of sp³-hybridized carbons (Fsp3) is 0.344. The van der Waals surface area contributed by atoms with Crippen LogP contribution in [0.15, 0.2) is 71.2 Å². The highest BCUT2D eigenvalue weighted by Crippen LogP contribution is 2.45. The Kier molecular flexibility index (Phi) is 8.31. The molecule has 44 heavy (non-hydrogen) atoms. The summed E-state index contributed by atoms with van der Waals surface area (Å²) in [5.74, 6) is -2.72. The van der Waals surface area contributed by atoms with Crippen LogP contribution in [-0.4, -0.2) is 68.2 Å². The number of nitrogens with two attached hydrogens (primary N) is 1. The number of methoxy groups -OCH3 is 2. The van der Waals surface area contributed by atoms with Gasteiger partial charge < -0.3 is 29.6 Å². The molecular formula is C32H32N4O8.